The van der Waals surface area contributed by atoms with Gasteiger partial charge in [-0.1, -0.05) is 22.0 Å². The molecule has 1 aromatic carbocycles. The predicted octanol–water partition coefficient (Wildman–Crippen LogP) is 2.51. The molecule has 1 atom stereocenters. The third kappa shape index (κ3) is 3.05. The van der Waals surface area contributed by atoms with Crippen LogP contribution < -0.4 is 11.3 Å². The number of aromatic nitrogens is 3. The van der Waals surface area contributed by atoms with Crippen LogP contribution >= 0.6 is 15.9 Å². The van der Waals surface area contributed by atoms with E-state index in [9.17, 15) is 4.39 Å². The maximum Gasteiger partial charge on any atom is 0.138 e. The van der Waals surface area contributed by atoms with Crippen LogP contribution in [-0.2, 0) is 6.42 Å². The van der Waals surface area contributed by atoms with Gasteiger partial charge < -0.3 is 0 Å². The van der Waals surface area contributed by atoms with Crippen LogP contribution in [0.1, 0.15) is 37.3 Å². The zero-order valence-electron chi connectivity index (χ0n) is 11.3. The first-order chi connectivity index (χ1) is 9.54. The van der Waals surface area contributed by atoms with Crippen molar-refractivity contribution in [2.45, 2.75) is 32.4 Å². The lowest BCUT2D eigenvalue weighted by atomic mass is 10.0. The van der Waals surface area contributed by atoms with E-state index in [1.165, 1.54) is 12.4 Å². The van der Waals surface area contributed by atoms with E-state index in [-0.39, 0.29) is 17.9 Å². The summed E-state index contributed by atoms with van der Waals surface area (Å²) in [6.07, 6.45) is 1.95. The van der Waals surface area contributed by atoms with Gasteiger partial charge in [-0.15, -0.1) is 0 Å². The molecule has 108 valence electrons. The fourth-order valence-electron chi connectivity index (χ4n) is 2.12. The summed E-state index contributed by atoms with van der Waals surface area (Å²) in [5.41, 5.74) is 3.15. The van der Waals surface area contributed by atoms with Crippen molar-refractivity contribution < 1.29 is 4.39 Å². The van der Waals surface area contributed by atoms with Gasteiger partial charge in [0.2, 0.25) is 0 Å². The third-order valence-electron chi connectivity index (χ3n) is 3.07. The van der Waals surface area contributed by atoms with Crippen LogP contribution in [-0.4, -0.2) is 14.8 Å². The zero-order chi connectivity index (χ0) is 14.7. The summed E-state index contributed by atoms with van der Waals surface area (Å²) >= 11 is 3.36. The molecule has 0 aliphatic rings. The SMILES string of the molecule is CC(C)n1ncnc1CC(NN)c1c(F)cccc1Br. The topological polar surface area (TPSA) is 68.8 Å². The molecule has 0 spiro atoms. The minimum Gasteiger partial charge on any atom is -0.271 e. The van der Waals surface area contributed by atoms with Crippen molar-refractivity contribution in [2.75, 3.05) is 0 Å². The van der Waals surface area contributed by atoms with E-state index >= 15 is 0 Å². The van der Waals surface area contributed by atoms with Crippen LogP contribution in [0.4, 0.5) is 4.39 Å². The molecule has 0 bridgehead atoms. The second kappa shape index (κ2) is 6.43. The number of hydrogen-bond acceptors (Lipinski definition) is 4. The molecule has 0 radical (unpaired) electrons. The molecule has 20 heavy (non-hydrogen) atoms. The first-order valence-corrected chi connectivity index (χ1v) is 7.12. The van der Waals surface area contributed by atoms with Crippen LogP contribution in [0.3, 0.4) is 0 Å². The molecule has 0 amide bonds. The minimum absolute atomic E-state index is 0.190. The van der Waals surface area contributed by atoms with Crippen LogP contribution in [0.2, 0.25) is 0 Å². The van der Waals surface area contributed by atoms with Gasteiger partial charge in [0.1, 0.15) is 18.0 Å². The lowest BCUT2D eigenvalue weighted by molar-refractivity contribution is 0.456. The number of nitrogens with two attached hydrogens (primary N) is 1. The molecule has 2 aromatic rings. The first-order valence-electron chi connectivity index (χ1n) is 6.33. The summed E-state index contributed by atoms with van der Waals surface area (Å²) in [6.45, 7) is 4.03. The lowest BCUT2D eigenvalue weighted by Crippen LogP contribution is -2.31. The summed E-state index contributed by atoms with van der Waals surface area (Å²) in [7, 11) is 0. The summed E-state index contributed by atoms with van der Waals surface area (Å²) < 4.78 is 16.5. The number of halogens is 2. The van der Waals surface area contributed by atoms with Gasteiger partial charge in [-0.25, -0.2) is 14.1 Å². The Bertz CT molecular complexity index is 564. The van der Waals surface area contributed by atoms with Crippen molar-refractivity contribution in [2.24, 2.45) is 5.84 Å². The van der Waals surface area contributed by atoms with Crippen LogP contribution in [0, 0.1) is 5.82 Å². The maximum absolute atomic E-state index is 14.0. The smallest absolute Gasteiger partial charge is 0.138 e. The molecule has 0 saturated heterocycles. The van der Waals surface area contributed by atoms with E-state index in [0.29, 0.717) is 16.5 Å². The average molecular weight is 342 g/mol. The number of benzene rings is 1. The average Bonchev–Trinajstić information content (AvgIpc) is 2.85. The van der Waals surface area contributed by atoms with E-state index in [4.69, 9.17) is 5.84 Å². The molecule has 5 nitrogen and oxygen atoms in total. The molecule has 0 aliphatic heterocycles. The Morgan fingerprint density at radius 2 is 2.20 bits per heavy atom. The van der Waals surface area contributed by atoms with Gasteiger partial charge in [-0.2, -0.15) is 5.10 Å². The van der Waals surface area contributed by atoms with E-state index in [2.05, 4.69) is 31.4 Å². The summed E-state index contributed by atoms with van der Waals surface area (Å²) in [5, 5.41) is 4.17. The Kier molecular flexibility index (Phi) is 4.85. The van der Waals surface area contributed by atoms with Crippen molar-refractivity contribution in [3.8, 4) is 0 Å². The molecule has 7 heteroatoms. The van der Waals surface area contributed by atoms with Gasteiger partial charge in [-0.3, -0.25) is 11.3 Å². The summed E-state index contributed by atoms with van der Waals surface area (Å²) in [6, 6.07) is 4.66. The highest BCUT2D eigenvalue weighted by molar-refractivity contribution is 9.10. The molecule has 1 heterocycles. The minimum atomic E-state index is -0.382. The Hall–Kier alpha value is -1.31. The van der Waals surface area contributed by atoms with Crippen LogP contribution in [0.15, 0.2) is 29.0 Å². The number of nitrogens with one attached hydrogen (secondary N) is 1. The number of nitrogens with zero attached hydrogens (tertiary/aromatic N) is 3. The first kappa shape index (κ1) is 15.1. The maximum atomic E-state index is 14.0. The monoisotopic (exact) mass is 341 g/mol. The van der Waals surface area contributed by atoms with Crippen LogP contribution in [0.25, 0.3) is 0 Å². The van der Waals surface area contributed by atoms with E-state index in [1.54, 1.807) is 16.8 Å². The predicted molar refractivity (Wildman–Crippen MR) is 78.3 cm³/mol. The van der Waals surface area contributed by atoms with Crippen molar-refractivity contribution >= 4 is 15.9 Å². The summed E-state index contributed by atoms with van der Waals surface area (Å²) in [5.74, 6) is 6.05. The van der Waals surface area contributed by atoms with E-state index < -0.39 is 0 Å². The van der Waals surface area contributed by atoms with Gasteiger partial charge in [0, 0.05) is 22.5 Å². The number of rotatable bonds is 5. The number of hydrazine groups is 1. The molecular formula is C13H17BrFN5. The number of hydrogen-bond donors (Lipinski definition) is 2. The van der Waals surface area contributed by atoms with Crippen molar-refractivity contribution in [3.05, 3.63) is 46.2 Å². The largest absolute Gasteiger partial charge is 0.271 e. The van der Waals surface area contributed by atoms with Gasteiger partial charge in [0.25, 0.3) is 0 Å². The molecule has 0 fully saturated rings. The highest BCUT2D eigenvalue weighted by Gasteiger charge is 2.21. The van der Waals surface area contributed by atoms with Gasteiger partial charge in [-0.05, 0) is 26.0 Å². The molecular weight excluding hydrogens is 325 g/mol. The van der Waals surface area contributed by atoms with E-state index in [1.807, 2.05) is 13.8 Å². The standard InChI is InChI=1S/C13H17BrFN5/c1-8(2)20-12(17-7-18-20)6-11(19-16)13-9(14)4-3-5-10(13)15/h3-5,7-8,11,19H,6,16H2,1-2H3. The Labute approximate surface area is 125 Å². The molecule has 3 N–H and O–H groups in total. The molecule has 0 saturated carbocycles. The molecule has 2 rings (SSSR count). The molecule has 1 aromatic heterocycles. The second-order valence-corrected chi connectivity index (χ2v) is 5.63. The summed E-state index contributed by atoms with van der Waals surface area (Å²) in [4.78, 5) is 4.23. The van der Waals surface area contributed by atoms with Crippen molar-refractivity contribution in [1.82, 2.24) is 20.2 Å². The Morgan fingerprint density at radius 3 is 2.80 bits per heavy atom. The lowest BCUT2D eigenvalue weighted by Gasteiger charge is -2.19. The van der Waals surface area contributed by atoms with Gasteiger partial charge in [0.15, 0.2) is 0 Å². The highest BCUT2D eigenvalue weighted by atomic mass is 79.9. The molecule has 0 aliphatic carbocycles. The third-order valence-corrected chi connectivity index (χ3v) is 3.76. The fraction of sp³-hybridized carbons (Fsp3) is 0.385. The Morgan fingerprint density at radius 1 is 1.45 bits per heavy atom. The molecule has 1 unspecified atom stereocenters. The normalized spacial score (nSPS) is 12.9. The Balaban J connectivity index is 2.32. The van der Waals surface area contributed by atoms with Crippen molar-refractivity contribution in [1.29, 1.82) is 0 Å². The van der Waals surface area contributed by atoms with E-state index in [0.717, 1.165) is 5.82 Å². The van der Waals surface area contributed by atoms with Gasteiger partial charge in [0.05, 0.1) is 6.04 Å². The van der Waals surface area contributed by atoms with Gasteiger partial charge >= 0.3 is 0 Å². The quantitative estimate of drug-likeness (QED) is 0.647. The highest BCUT2D eigenvalue weighted by Crippen LogP contribution is 2.28. The second-order valence-electron chi connectivity index (χ2n) is 4.77. The van der Waals surface area contributed by atoms with Crippen LogP contribution in [0.5, 0.6) is 0 Å². The zero-order valence-corrected chi connectivity index (χ0v) is 12.9. The fourth-order valence-corrected chi connectivity index (χ4v) is 2.74. The van der Waals surface area contributed by atoms with Crippen molar-refractivity contribution in [3.63, 3.8) is 0 Å².